The molecule has 1 heterocycles. The highest BCUT2D eigenvalue weighted by Crippen LogP contribution is 2.21. The van der Waals surface area contributed by atoms with Crippen molar-refractivity contribution in [3.63, 3.8) is 0 Å². The second kappa shape index (κ2) is 8.49. The maximum absolute atomic E-state index is 12.3. The summed E-state index contributed by atoms with van der Waals surface area (Å²) in [6, 6.07) is 10.7. The van der Waals surface area contributed by atoms with Crippen molar-refractivity contribution in [2.45, 2.75) is 33.2 Å². The average molecular weight is 345 g/mol. The van der Waals surface area contributed by atoms with Crippen molar-refractivity contribution in [1.82, 2.24) is 5.32 Å². The number of anilines is 2. The number of rotatable bonds is 7. The van der Waals surface area contributed by atoms with Gasteiger partial charge in [0.25, 0.3) is 5.91 Å². The number of hydrogen-bond acceptors (Lipinski definition) is 4. The van der Waals surface area contributed by atoms with Gasteiger partial charge in [-0.05, 0) is 36.6 Å². The SMILES string of the molecule is CC(C)CCC(=O)NCc1ccc(C(=O)Nc2ccccc2N)s1. The first-order valence-electron chi connectivity index (χ1n) is 7.97. The van der Waals surface area contributed by atoms with Crippen LogP contribution in [0.3, 0.4) is 0 Å². The molecular formula is C18H23N3O2S. The number of carbonyl (C=O) groups is 2. The minimum absolute atomic E-state index is 0.0418. The number of benzene rings is 1. The van der Waals surface area contributed by atoms with Crippen molar-refractivity contribution < 1.29 is 9.59 Å². The first kappa shape index (κ1) is 18.0. The predicted molar refractivity (Wildman–Crippen MR) is 99.0 cm³/mol. The topological polar surface area (TPSA) is 84.2 Å². The molecule has 0 radical (unpaired) electrons. The van der Waals surface area contributed by atoms with Gasteiger partial charge in [0, 0.05) is 11.3 Å². The molecule has 2 rings (SSSR count). The summed E-state index contributed by atoms with van der Waals surface area (Å²) in [5.41, 5.74) is 6.95. The first-order chi connectivity index (χ1) is 11.5. The monoisotopic (exact) mass is 345 g/mol. The fourth-order valence-electron chi connectivity index (χ4n) is 2.08. The van der Waals surface area contributed by atoms with Gasteiger partial charge in [0.2, 0.25) is 5.91 Å². The van der Waals surface area contributed by atoms with E-state index in [4.69, 9.17) is 5.73 Å². The third-order valence-electron chi connectivity index (χ3n) is 3.50. The molecule has 0 aliphatic heterocycles. The highest BCUT2D eigenvalue weighted by Gasteiger charge is 2.11. The van der Waals surface area contributed by atoms with Crippen molar-refractivity contribution in [3.8, 4) is 0 Å². The standard InChI is InChI=1S/C18H23N3O2S/c1-12(2)7-10-17(22)20-11-13-8-9-16(24-13)18(23)21-15-6-4-3-5-14(15)19/h3-6,8-9,12H,7,10-11,19H2,1-2H3,(H,20,22)(H,21,23). The van der Waals surface area contributed by atoms with E-state index in [-0.39, 0.29) is 11.8 Å². The summed E-state index contributed by atoms with van der Waals surface area (Å²) in [5.74, 6) is 0.355. The van der Waals surface area contributed by atoms with Crippen LogP contribution in [0, 0.1) is 5.92 Å². The van der Waals surface area contributed by atoms with E-state index in [9.17, 15) is 9.59 Å². The Labute approximate surface area is 146 Å². The highest BCUT2D eigenvalue weighted by atomic mass is 32.1. The normalized spacial score (nSPS) is 10.6. The molecule has 0 unspecified atom stereocenters. The number of amides is 2. The molecule has 128 valence electrons. The molecule has 0 saturated carbocycles. The number of hydrogen-bond donors (Lipinski definition) is 3. The summed E-state index contributed by atoms with van der Waals surface area (Å²) in [5, 5.41) is 5.68. The summed E-state index contributed by atoms with van der Waals surface area (Å²) < 4.78 is 0. The molecule has 2 amide bonds. The summed E-state index contributed by atoms with van der Waals surface area (Å²) in [7, 11) is 0. The van der Waals surface area contributed by atoms with Crippen LogP contribution in [0.5, 0.6) is 0 Å². The molecule has 5 nitrogen and oxygen atoms in total. The Bertz CT molecular complexity index is 710. The largest absolute Gasteiger partial charge is 0.397 e. The van der Waals surface area contributed by atoms with E-state index in [1.807, 2.05) is 18.2 Å². The molecule has 0 bridgehead atoms. The lowest BCUT2D eigenvalue weighted by atomic mass is 10.1. The number of carbonyl (C=O) groups excluding carboxylic acids is 2. The van der Waals surface area contributed by atoms with Crippen LogP contribution in [-0.4, -0.2) is 11.8 Å². The van der Waals surface area contributed by atoms with Crippen LogP contribution in [0.2, 0.25) is 0 Å². The van der Waals surface area contributed by atoms with E-state index < -0.39 is 0 Å². The zero-order valence-corrected chi connectivity index (χ0v) is 14.8. The third kappa shape index (κ3) is 5.38. The molecule has 2 aromatic rings. The van der Waals surface area contributed by atoms with E-state index in [0.717, 1.165) is 11.3 Å². The van der Waals surface area contributed by atoms with Gasteiger partial charge < -0.3 is 16.4 Å². The van der Waals surface area contributed by atoms with E-state index >= 15 is 0 Å². The zero-order chi connectivity index (χ0) is 17.5. The maximum Gasteiger partial charge on any atom is 0.265 e. The number of nitrogens with two attached hydrogens (primary N) is 1. The molecule has 0 aliphatic rings. The molecule has 0 atom stereocenters. The summed E-state index contributed by atoms with van der Waals surface area (Å²) in [6.45, 7) is 4.64. The Morgan fingerprint density at radius 2 is 1.92 bits per heavy atom. The van der Waals surface area contributed by atoms with Crippen LogP contribution in [0.1, 0.15) is 41.2 Å². The Hall–Kier alpha value is -2.34. The Kier molecular flexibility index (Phi) is 6.37. The van der Waals surface area contributed by atoms with E-state index in [1.54, 1.807) is 18.2 Å². The van der Waals surface area contributed by atoms with Crippen LogP contribution in [0.4, 0.5) is 11.4 Å². The predicted octanol–water partition coefficient (Wildman–Crippen LogP) is 3.64. The average Bonchev–Trinajstić information content (AvgIpc) is 3.02. The first-order valence-corrected chi connectivity index (χ1v) is 8.78. The molecule has 24 heavy (non-hydrogen) atoms. The Morgan fingerprint density at radius 1 is 1.17 bits per heavy atom. The smallest absolute Gasteiger partial charge is 0.265 e. The lowest BCUT2D eigenvalue weighted by molar-refractivity contribution is -0.121. The van der Waals surface area contributed by atoms with Gasteiger partial charge in [0.15, 0.2) is 0 Å². The summed E-state index contributed by atoms with van der Waals surface area (Å²) in [6.07, 6.45) is 1.41. The number of nitrogen functional groups attached to an aromatic ring is 1. The minimum atomic E-state index is -0.199. The third-order valence-corrected chi connectivity index (χ3v) is 4.59. The molecule has 0 aliphatic carbocycles. The molecule has 0 saturated heterocycles. The molecule has 6 heteroatoms. The van der Waals surface area contributed by atoms with Crippen molar-refractivity contribution in [1.29, 1.82) is 0 Å². The van der Waals surface area contributed by atoms with Gasteiger partial charge in [-0.25, -0.2) is 0 Å². The molecular weight excluding hydrogens is 322 g/mol. The van der Waals surface area contributed by atoms with Gasteiger partial charge in [-0.1, -0.05) is 26.0 Å². The number of para-hydroxylation sites is 2. The zero-order valence-electron chi connectivity index (χ0n) is 14.0. The van der Waals surface area contributed by atoms with Crippen LogP contribution in [-0.2, 0) is 11.3 Å². The molecule has 1 aromatic carbocycles. The van der Waals surface area contributed by atoms with Gasteiger partial charge in [0.1, 0.15) is 0 Å². The van der Waals surface area contributed by atoms with Gasteiger partial charge >= 0.3 is 0 Å². The summed E-state index contributed by atoms with van der Waals surface area (Å²) >= 11 is 1.36. The number of thiophene rings is 1. The molecule has 0 fully saturated rings. The van der Waals surface area contributed by atoms with Crippen LogP contribution in [0.15, 0.2) is 36.4 Å². The van der Waals surface area contributed by atoms with Crippen LogP contribution >= 0.6 is 11.3 Å². The van der Waals surface area contributed by atoms with Gasteiger partial charge in [-0.2, -0.15) is 0 Å². The Morgan fingerprint density at radius 3 is 2.62 bits per heavy atom. The number of nitrogens with one attached hydrogen (secondary N) is 2. The van der Waals surface area contributed by atoms with Crippen LogP contribution in [0.25, 0.3) is 0 Å². The fourth-order valence-corrected chi connectivity index (χ4v) is 2.93. The van der Waals surface area contributed by atoms with Crippen molar-refractivity contribution >= 4 is 34.5 Å². The van der Waals surface area contributed by atoms with E-state index in [2.05, 4.69) is 24.5 Å². The van der Waals surface area contributed by atoms with Crippen molar-refractivity contribution in [3.05, 3.63) is 46.2 Å². The van der Waals surface area contributed by atoms with E-state index in [0.29, 0.717) is 35.1 Å². The van der Waals surface area contributed by atoms with Gasteiger partial charge in [-0.3, -0.25) is 9.59 Å². The quantitative estimate of drug-likeness (QED) is 0.670. The second-order valence-electron chi connectivity index (χ2n) is 6.02. The van der Waals surface area contributed by atoms with Gasteiger partial charge in [-0.15, -0.1) is 11.3 Å². The van der Waals surface area contributed by atoms with Crippen molar-refractivity contribution in [2.75, 3.05) is 11.1 Å². The maximum atomic E-state index is 12.3. The highest BCUT2D eigenvalue weighted by molar-refractivity contribution is 7.14. The lowest BCUT2D eigenvalue weighted by Gasteiger charge is -2.06. The fraction of sp³-hybridized carbons (Fsp3) is 0.333. The minimum Gasteiger partial charge on any atom is -0.397 e. The Balaban J connectivity index is 1.87. The second-order valence-corrected chi connectivity index (χ2v) is 7.18. The summed E-state index contributed by atoms with van der Waals surface area (Å²) in [4.78, 5) is 25.5. The molecule has 4 N–H and O–H groups in total. The molecule has 1 aromatic heterocycles. The lowest BCUT2D eigenvalue weighted by Crippen LogP contribution is -2.22. The van der Waals surface area contributed by atoms with Crippen molar-refractivity contribution in [2.24, 2.45) is 5.92 Å². The van der Waals surface area contributed by atoms with E-state index in [1.165, 1.54) is 11.3 Å². The molecule has 0 spiro atoms. The van der Waals surface area contributed by atoms with Gasteiger partial charge in [0.05, 0.1) is 22.8 Å². The van der Waals surface area contributed by atoms with Crippen LogP contribution < -0.4 is 16.4 Å².